The molecule has 0 spiro atoms. The molecule has 0 bridgehead atoms. The van der Waals surface area contributed by atoms with Gasteiger partial charge in [-0.3, -0.25) is 4.79 Å². The highest BCUT2D eigenvalue weighted by molar-refractivity contribution is 5.76. The molecule has 1 aromatic rings. The summed E-state index contributed by atoms with van der Waals surface area (Å²) in [5, 5.41) is 10.0. The zero-order valence-electron chi connectivity index (χ0n) is 17.2. The number of ether oxygens (including phenoxy) is 2. The number of esters is 1. The Kier molecular flexibility index (Phi) is 7.04. The second-order valence-corrected chi connectivity index (χ2v) is 8.17. The van der Waals surface area contributed by atoms with E-state index in [2.05, 4.69) is 0 Å². The molecule has 3 atom stereocenters. The molecular formula is C21H30FNO5. The van der Waals surface area contributed by atoms with Crippen LogP contribution in [0.2, 0.25) is 0 Å². The van der Waals surface area contributed by atoms with Crippen LogP contribution in [0.5, 0.6) is 0 Å². The van der Waals surface area contributed by atoms with Crippen molar-refractivity contribution < 1.29 is 28.6 Å². The van der Waals surface area contributed by atoms with Gasteiger partial charge >= 0.3 is 12.1 Å². The first-order valence-corrected chi connectivity index (χ1v) is 9.59. The lowest BCUT2D eigenvalue weighted by Crippen LogP contribution is -2.52. The van der Waals surface area contributed by atoms with Gasteiger partial charge in [-0.25, -0.2) is 9.18 Å². The number of hydrogen-bond donors (Lipinski definition) is 1. The summed E-state index contributed by atoms with van der Waals surface area (Å²) in [5.74, 6) is -2.47. The van der Waals surface area contributed by atoms with Crippen LogP contribution in [0.1, 0.15) is 44.7 Å². The lowest BCUT2D eigenvalue weighted by Gasteiger charge is -2.43. The largest absolute Gasteiger partial charge is 0.466 e. The van der Waals surface area contributed by atoms with E-state index in [4.69, 9.17) is 9.47 Å². The van der Waals surface area contributed by atoms with Gasteiger partial charge in [-0.2, -0.15) is 0 Å². The Balaban J connectivity index is 2.42. The summed E-state index contributed by atoms with van der Waals surface area (Å²) in [6.07, 6.45) is -0.547. The van der Waals surface area contributed by atoms with E-state index >= 15 is 0 Å². The van der Waals surface area contributed by atoms with Crippen LogP contribution in [0.3, 0.4) is 0 Å². The Morgan fingerprint density at radius 2 is 1.96 bits per heavy atom. The Morgan fingerprint density at radius 1 is 1.29 bits per heavy atom. The predicted octanol–water partition coefficient (Wildman–Crippen LogP) is 3.26. The molecule has 1 fully saturated rings. The zero-order chi connectivity index (χ0) is 21.1. The number of carbonyl (C=O) groups is 2. The van der Waals surface area contributed by atoms with Crippen molar-refractivity contribution in [1.82, 2.24) is 4.90 Å². The fourth-order valence-electron chi connectivity index (χ4n) is 3.72. The van der Waals surface area contributed by atoms with Crippen molar-refractivity contribution in [3.05, 3.63) is 35.1 Å². The molecule has 1 aromatic carbocycles. The summed E-state index contributed by atoms with van der Waals surface area (Å²) >= 11 is 0. The molecule has 1 saturated heterocycles. The molecule has 28 heavy (non-hydrogen) atoms. The third-order valence-electron chi connectivity index (χ3n) is 4.96. The molecule has 0 aromatic heterocycles. The van der Waals surface area contributed by atoms with E-state index in [-0.39, 0.29) is 32.1 Å². The van der Waals surface area contributed by atoms with Gasteiger partial charge in [0.25, 0.3) is 0 Å². The van der Waals surface area contributed by atoms with Crippen molar-refractivity contribution in [3.8, 4) is 0 Å². The van der Waals surface area contributed by atoms with Gasteiger partial charge in [0.15, 0.2) is 0 Å². The van der Waals surface area contributed by atoms with E-state index in [9.17, 15) is 19.1 Å². The lowest BCUT2D eigenvalue weighted by atomic mass is 9.72. The number of carbonyl (C=O) groups excluding carboxylic acids is 2. The number of halogens is 1. The van der Waals surface area contributed by atoms with Gasteiger partial charge in [0.1, 0.15) is 11.4 Å². The molecule has 0 radical (unpaired) electrons. The third kappa shape index (κ3) is 5.01. The fourth-order valence-corrected chi connectivity index (χ4v) is 3.72. The summed E-state index contributed by atoms with van der Waals surface area (Å²) < 4.78 is 24.8. The van der Waals surface area contributed by atoms with Crippen LogP contribution in [0.15, 0.2) is 18.2 Å². The first kappa shape index (κ1) is 22.1. The smallest absolute Gasteiger partial charge is 0.410 e. The molecule has 1 aliphatic rings. The van der Waals surface area contributed by atoms with Crippen molar-refractivity contribution in [3.63, 3.8) is 0 Å². The second-order valence-electron chi connectivity index (χ2n) is 8.17. The van der Waals surface area contributed by atoms with E-state index in [0.717, 1.165) is 0 Å². The first-order chi connectivity index (χ1) is 13.1. The van der Waals surface area contributed by atoms with Gasteiger partial charge in [0, 0.05) is 31.5 Å². The lowest BCUT2D eigenvalue weighted by molar-refractivity contribution is -0.152. The van der Waals surface area contributed by atoms with Crippen LogP contribution >= 0.6 is 0 Å². The van der Waals surface area contributed by atoms with Crippen LogP contribution in [0.4, 0.5) is 9.18 Å². The second kappa shape index (κ2) is 8.90. The molecule has 0 saturated carbocycles. The molecule has 1 amide bonds. The highest BCUT2D eigenvalue weighted by Crippen LogP contribution is 2.40. The van der Waals surface area contributed by atoms with Crippen LogP contribution in [0, 0.1) is 24.6 Å². The predicted molar refractivity (Wildman–Crippen MR) is 102 cm³/mol. The Bertz CT molecular complexity index is 715. The number of aliphatic hydroxyl groups is 1. The molecular weight excluding hydrogens is 365 g/mol. The number of hydrogen-bond acceptors (Lipinski definition) is 5. The number of aliphatic hydroxyl groups excluding tert-OH is 1. The van der Waals surface area contributed by atoms with E-state index < -0.39 is 35.4 Å². The van der Waals surface area contributed by atoms with Crippen LogP contribution in [-0.2, 0) is 14.3 Å². The minimum atomic E-state index is -0.723. The quantitative estimate of drug-likeness (QED) is 0.792. The average molecular weight is 395 g/mol. The Morgan fingerprint density at radius 3 is 2.54 bits per heavy atom. The highest BCUT2D eigenvalue weighted by Gasteiger charge is 2.45. The maximum atomic E-state index is 14.2. The van der Waals surface area contributed by atoms with E-state index in [1.54, 1.807) is 46.8 Å². The normalized spacial score (nSPS) is 22.7. The van der Waals surface area contributed by atoms with Crippen molar-refractivity contribution >= 4 is 12.1 Å². The zero-order valence-corrected chi connectivity index (χ0v) is 17.2. The molecule has 0 unspecified atom stereocenters. The summed E-state index contributed by atoms with van der Waals surface area (Å²) in [5.41, 5.74) is 0.410. The van der Waals surface area contributed by atoms with Crippen molar-refractivity contribution in [2.45, 2.75) is 46.1 Å². The number of benzene rings is 1. The maximum absolute atomic E-state index is 14.2. The molecule has 156 valence electrons. The number of nitrogens with zero attached hydrogens (tertiary/aromatic N) is 1. The fraction of sp³-hybridized carbons (Fsp3) is 0.619. The summed E-state index contributed by atoms with van der Waals surface area (Å²) in [6, 6.07) is 4.72. The minimum Gasteiger partial charge on any atom is -0.466 e. The van der Waals surface area contributed by atoms with E-state index in [0.29, 0.717) is 11.1 Å². The average Bonchev–Trinajstić information content (AvgIpc) is 2.61. The molecule has 2 rings (SSSR count). The van der Waals surface area contributed by atoms with Crippen molar-refractivity contribution in [2.24, 2.45) is 11.8 Å². The van der Waals surface area contributed by atoms with Crippen molar-refractivity contribution in [1.29, 1.82) is 0 Å². The highest BCUT2D eigenvalue weighted by atomic mass is 19.1. The Labute approximate surface area is 165 Å². The van der Waals surface area contributed by atoms with Crippen LogP contribution in [0.25, 0.3) is 0 Å². The minimum absolute atomic E-state index is 0.0882. The molecule has 7 heteroatoms. The standard InChI is InChI=1S/C21H30FNO5/c1-6-27-19(25)16-11-23(20(26)28-21(3,4)5)10-14(12-24)18(16)15-8-7-9-17(22)13(15)2/h7-9,14,16,18,24H,6,10-12H2,1-5H3/t14-,16+,18-/m1/s1. The number of rotatable bonds is 4. The van der Waals surface area contributed by atoms with Crippen molar-refractivity contribution in [2.75, 3.05) is 26.3 Å². The van der Waals surface area contributed by atoms with Gasteiger partial charge < -0.3 is 19.5 Å². The van der Waals surface area contributed by atoms with Crippen LogP contribution < -0.4 is 0 Å². The van der Waals surface area contributed by atoms with Crippen LogP contribution in [-0.4, -0.2) is 54.0 Å². The molecule has 1 heterocycles. The summed E-state index contributed by atoms with van der Waals surface area (Å²) in [4.78, 5) is 26.7. The van der Waals surface area contributed by atoms with Gasteiger partial charge in [0.2, 0.25) is 0 Å². The number of amides is 1. The first-order valence-electron chi connectivity index (χ1n) is 9.59. The van der Waals surface area contributed by atoms with E-state index in [1.807, 2.05) is 0 Å². The SMILES string of the molecule is CCOC(=O)[C@H]1CN(C(=O)OC(C)(C)C)C[C@H](CO)[C@@H]1c1cccc(F)c1C. The monoisotopic (exact) mass is 395 g/mol. The topological polar surface area (TPSA) is 76.1 Å². The van der Waals surface area contributed by atoms with E-state index in [1.165, 1.54) is 11.0 Å². The summed E-state index contributed by atoms with van der Waals surface area (Å²) in [7, 11) is 0. The number of piperidine rings is 1. The molecule has 6 nitrogen and oxygen atoms in total. The molecule has 1 N–H and O–H groups in total. The molecule has 1 aliphatic heterocycles. The van der Waals surface area contributed by atoms with Gasteiger partial charge in [-0.1, -0.05) is 12.1 Å². The molecule has 0 aliphatic carbocycles. The number of likely N-dealkylation sites (tertiary alicyclic amines) is 1. The summed E-state index contributed by atoms with van der Waals surface area (Å²) in [6.45, 7) is 8.89. The van der Waals surface area contributed by atoms with Gasteiger partial charge in [0.05, 0.1) is 12.5 Å². The maximum Gasteiger partial charge on any atom is 0.410 e. The third-order valence-corrected chi connectivity index (χ3v) is 4.96. The van der Waals surface area contributed by atoms with Gasteiger partial charge in [-0.05, 0) is 51.8 Å². The Hall–Kier alpha value is -2.15. The van der Waals surface area contributed by atoms with Gasteiger partial charge in [-0.15, -0.1) is 0 Å².